The number of rotatable bonds is 6. The lowest BCUT2D eigenvalue weighted by Gasteiger charge is -2.08. The topological polar surface area (TPSA) is 81.8 Å². The Kier molecular flexibility index (Phi) is 5.62. The standard InChI is InChI=1S/C23H22FN5O2/c1-15-3-6-18(11-16(15)2)22(30)25-9-10-29-21-20(12-27-29)23(31)28(14-26-21)13-17-4-7-19(24)8-5-17/h3-8,11-12,14H,9-10,13H2,1-2H3,(H,25,30). The molecular weight excluding hydrogens is 397 g/mol. The minimum absolute atomic E-state index is 0.158. The van der Waals surface area contributed by atoms with Gasteiger partial charge in [0, 0.05) is 12.1 Å². The summed E-state index contributed by atoms with van der Waals surface area (Å²) in [6, 6.07) is 11.6. The Morgan fingerprint density at radius 1 is 1.10 bits per heavy atom. The average Bonchev–Trinajstić information content (AvgIpc) is 3.17. The second-order valence-corrected chi connectivity index (χ2v) is 7.46. The normalized spacial score (nSPS) is 11.1. The van der Waals surface area contributed by atoms with Gasteiger partial charge in [0.05, 0.1) is 19.3 Å². The molecule has 1 amide bonds. The van der Waals surface area contributed by atoms with Gasteiger partial charge in [-0.1, -0.05) is 18.2 Å². The van der Waals surface area contributed by atoms with Crippen molar-refractivity contribution in [2.45, 2.75) is 26.9 Å². The SMILES string of the molecule is Cc1ccc(C(=O)NCCn2ncc3c(=O)n(Cc4ccc(F)cc4)cnc32)cc1C. The van der Waals surface area contributed by atoms with E-state index in [1.165, 1.54) is 29.2 Å². The molecule has 31 heavy (non-hydrogen) atoms. The van der Waals surface area contributed by atoms with Crippen LogP contribution < -0.4 is 10.9 Å². The fraction of sp³-hybridized carbons (Fsp3) is 0.217. The van der Waals surface area contributed by atoms with Gasteiger partial charge in [0.15, 0.2) is 5.65 Å². The van der Waals surface area contributed by atoms with Crippen molar-refractivity contribution in [2.24, 2.45) is 0 Å². The molecule has 0 radical (unpaired) electrons. The highest BCUT2D eigenvalue weighted by Crippen LogP contribution is 2.10. The van der Waals surface area contributed by atoms with E-state index in [1.807, 2.05) is 26.0 Å². The first kappa shape index (κ1) is 20.5. The maximum atomic E-state index is 13.1. The molecule has 2 heterocycles. The molecule has 0 atom stereocenters. The molecule has 0 bridgehead atoms. The van der Waals surface area contributed by atoms with Gasteiger partial charge in [0.25, 0.3) is 11.5 Å². The van der Waals surface area contributed by atoms with Crippen molar-refractivity contribution in [1.82, 2.24) is 24.6 Å². The Morgan fingerprint density at radius 3 is 2.61 bits per heavy atom. The first-order valence-electron chi connectivity index (χ1n) is 9.93. The van der Waals surface area contributed by atoms with Gasteiger partial charge >= 0.3 is 0 Å². The molecule has 7 nitrogen and oxygen atoms in total. The van der Waals surface area contributed by atoms with Crippen molar-refractivity contribution in [1.29, 1.82) is 0 Å². The Morgan fingerprint density at radius 2 is 1.87 bits per heavy atom. The quantitative estimate of drug-likeness (QED) is 0.521. The Balaban J connectivity index is 1.44. The zero-order valence-electron chi connectivity index (χ0n) is 17.3. The maximum absolute atomic E-state index is 13.1. The number of aryl methyl sites for hydroxylation is 2. The number of carbonyl (C=O) groups excluding carboxylic acids is 1. The summed E-state index contributed by atoms with van der Waals surface area (Å²) in [6.07, 6.45) is 2.94. The third-order valence-electron chi connectivity index (χ3n) is 5.27. The van der Waals surface area contributed by atoms with E-state index in [-0.39, 0.29) is 17.3 Å². The van der Waals surface area contributed by atoms with E-state index < -0.39 is 0 Å². The lowest BCUT2D eigenvalue weighted by Crippen LogP contribution is -2.28. The zero-order valence-corrected chi connectivity index (χ0v) is 17.3. The number of benzene rings is 2. The maximum Gasteiger partial charge on any atom is 0.264 e. The Labute approximate surface area is 178 Å². The minimum Gasteiger partial charge on any atom is -0.350 e. The van der Waals surface area contributed by atoms with Crippen LogP contribution in [0.3, 0.4) is 0 Å². The van der Waals surface area contributed by atoms with Crippen molar-refractivity contribution in [3.05, 3.63) is 93.4 Å². The number of aromatic nitrogens is 4. The molecule has 0 saturated heterocycles. The molecule has 8 heteroatoms. The molecule has 0 unspecified atom stereocenters. The Hall–Kier alpha value is -3.81. The fourth-order valence-electron chi connectivity index (χ4n) is 3.32. The predicted molar refractivity (Wildman–Crippen MR) is 116 cm³/mol. The second kappa shape index (κ2) is 8.51. The van der Waals surface area contributed by atoms with Gasteiger partial charge < -0.3 is 5.32 Å². The lowest BCUT2D eigenvalue weighted by molar-refractivity contribution is 0.0952. The van der Waals surface area contributed by atoms with Crippen LogP contribution >= 0.6 is 0 Å². The van der Waals surface area contributed by atoms with Gasteiger partial charge in [-0.2, -0.15) is 5.10 Å². The second-order valence-electron chi connectivity index (χ2n) is 7.46. The van der Waals surface area contributed by atoms with Gasteiger partial charge in [-0.15, -0.1) is 0 Å². The number of carbonyl (C=O) groups is 1. The molecule has 4 aromatic rings. The number of amides is 1. The van der Waals surface area contributed by atoms with E-state index >= 15 is 0 Å². The van der Waals surface area contributed by atoms with E-state index in [4.69, 9.17) is 0 Å². The van der Waals surface area contributed by atoms with E-state index in [1.54, 1.807) is 22.9 Å². The average molecular weight is 419 g/mol. The molecule has 0 saturated carbocycles. The predicted octanol–water partition coefficient (Wildman–Crippen LogP) is 2.83. The summed E-state index contributed by atoms with van der Waals surface area (Å²) in [5, 5.41) is 7.52. The smallest absolute Gasteiger partial charge is 0.264 e. The van der Waals surface area contributed by atoms with Crippen LogP contribution in [0, 0.1) is 19.7 Å². The van der Waals surface area contributed by atoms with Crippen molar-refractivity contribution in [3.63, 3.8) is 0 Å². The van der Waals surface area contributed by atoms with Crippen molar-refractivity contribution in [2.75, 3.05) is 6.54 Å². The summed E-state index contributed by atoms with van der Waals surface area (Å²) in [5.41, 5.74) is 3.84. The van der Waals surface area contributed by atoms with Crippen LogP contribution in [0.15, 0.2) is 59.8 Å². The van der Waals surface area contributed by atoms with Crippen LogP contribution in [0.25, 0.3) is 11.0 Å². The van der Waals surface area contributed by atoms with Crippen LogP contribution in [-0.4, -0.2) is 31.8 Å². The molecule has 0 fully saturated rings. The van der Waals surface area contributed by atoms with Crippen LogP contribution in [0.2, 0.25) is 0 Å². The third kappa shape index (κ3) is 4.37. The van der Waals surface area contributed by atoms with E-state index in [9.17, 15) is 14.0 Å². The summed E-state index contributed by atoms with van der Waals surface area (Å²) in [6.45, 7) is 4.99. The summed E-state index contributed by atoms with van der Waals surface area (Å²) in [7, 11) is 0. The first-order valence-corrected chi connectivity index (χ1v) is 9.93. The van der Waals surface area contributed by atoms with Crippen LogP contribution in [-0.2, 0) is 13.1 Å². The number of hydrogen-bond donors (Lipinski definition) is 1. The highest BCUT2D eigenvalue weighted by molar-refractivity contribution is 5.94. The molecule has 2 aromatic carbocycles. The highest BCUT2D eigenvalue weighted by Gasteiger charge is 2.11. The van der Waals surface area contributed by atoms with Gasteiger partial charge in [-0.3, -0.25) is 14.2 Å². The van der Waals surface area contributed by atoms with E-state index in [0.29, 0.717) is 36.2 Å². The summed E-state index contributed by atoms with van der Waals surface area (Å²) < 4.78 is 16.1. The summed E-state index contributed by atoms with van der Waals surface area (Å²) in [5.74, 6) is -0.482. The largest absolute Gasteiger partial charge is 0.350 e. The monoisotopic (exact) mass is 419 g/mol. The number of nitrogens with one attached hydrogen (secondary N) is 1. The lowest BCUT2D eigenvalue weighted by atomic mass is 10.1. The van der Waals surface area contributed by atoms with Gasteiger partial charge in [0.2, 0.25) is 0 Å². The van der Waals surface area contributed by atoms with Crippen molar-refractivity contribution in [3.8, 4) is 0 Å². The molecule has 0 aliphatic carbocycles. The van der Waals surface area contributed by atoms with Gasteiger partial charge in [0.1, 0.15) is 17.5 Å². The molecule has 4 rings (SSSR count). The summed E-state index contributed by atoms with van der Waals surface area (Å²) in [4.78, 5) is 29.5. The molecular formula is C23H22FN5O2. The van der Waals surface area contributed by atoms with Crippen LogP contribution in [0.4, 0.5) is 4.39 Å². The van der Waals surface area contributed by atoms with E-state index in [0.717, 1.165) is 16.7 Å². The van der Waals surface area contributed by atoms with Gasteiger partial charge in [-0.25, -0.2) is 14.1 Å². The highest BCUT2D eigenvalue weighted by atomic mass is 19.1. The molecule has 158 valence electrons. The third-order valence-corrected chi connectivity index (χ3v) is 5.27. The molecule has 0 aliphatic rings. The summed E-state index contributed by atoms with van der Waals surface area (Å²) >= 11 is 0. The van der Waals surface area contributed by atoms with Crippen LogP contribution in [0.1, 0.15) is 27.0 Å². The zero-order chi connectivity index (χ0) is 22.0. The fourth-order valence-corrected chi connectivity index (χ4v) is 3.32. The number of nitrogens with zero attached hydrogens (tertiary/aromatic N) is 4. The van der Waals surface area contributed by atoms with Gasteiger partial charge in [-0.05, 0) is 54.8 Å². The molecule has 0 aliphatic heterocycles. The molecule has 2 aromatic heterocycles. The Bertz CT molecular complexity index is 1310. The van der Waals surface area contributed by atoms with Crippen molar-refractivity contribution >= 4 is 16.9 Å². The number of fused-ring (bicyclic) bond motifs is 1. The number of halogens is 1. The van der Waals surface area contributed by atoms with Crippen molar-refractivity contribution < 1.29 is 9.18 Å². The first-order chi connectivity index (χ1) is 14.9. The van der Waals surface area contributed by atoms with E-state index in [2.05, 4.69) is 15.4 Å². The minimum atomic E-state index is -0.324. The van der Waals surface area contributed by atoms with Crippen LogP contribution in [0.5, 0.6) is 0 Å². The number of hydrogen-bond acceptors (Lipinski definition) is 4. The molecule has 0 spiro atoms. The molecule has 1 N–H and O–H groups in total.